The van der Waals surface area contributed by atoms with Crippen LogP contribution in [0.1, 0.15) is 36.1 Å². The third kappa shape index (κ3) is 4.07. The van der Waals surface area contributed by atoms with Gasteiger partial charge in [-0.25, -0.2) is 4.57 Å². The molecule has 0 saturated carbocycles. The van der Waals surface area contributed by atoms with Gasteiger partial charge in [-0.3, -0.25) is 14.6 Å². The minimum Gasteiger partial charge on any atom is -0.507 e. The molecule has 174 valence electrons. The van der Waals surface area contributed by atoms with Gasteiger partial charge in [0.1, 0.15) is 30.0 Å². The smallest absolute Gasteiger partial charge is 0.295 e. The van der Waals surface area contributed by atoms with Gasteiger partial charge in [0, 0.05) is 30.0 Å². The van der Waals surface area contributed by atoms with Gasteiger partial charge < -0.3 is 14.7 Å². The molecule has 1 amide bonds. The van der Waals surface area contributed by atoms with E-state index in [0.29, 0.717) is 35.7 Å². The Kier molecular flexibility index (Phi) is 5.87. The summed E-state index contributed by atoms with van der Waals surface area (Å²) in [6.07, 6.45) is 6.98. The fourth-order valence-electron chi connectivity index (χ4n) is 4.74. The zero-order valence-electron chi connectivity index (χ0n) is 18.7. The molecule has 2 aliphatic rings. The van der Waals surface area contributed by atoms with Crippen molar-refractivity contribution in [3.05, 3.63) is 88.5 Å². The van der Waals surface area contributed by atoms with Crippen molar-refractivity contribution in [1.82, 2.24) is 9.88 Å². The number of ketones is 1. The maximum Gasteiger partial charge on any atom is 0.295 e. The maximum atomic E-state index is 13.2. The number of fused-ring (bicyclic) bond motifs is 1. The van der Waals surface area contributed by atoms with Crippen molar-refractivity contribution in [2.75, 3.05) is 6.54 Å². The average Bonchev–Trinajstić information content (AvgIpc) is 3.52. The zero-order valence-corrected chi connectivity index (χ0v) is 19.5. The van der Waals surface area contributed by atoms with Crippen molar-refractivity contribution in [2.45, 2.75) is 38.5 Å². The number of Topliss-reactive ketones (excluding diaryl/α,β-unsaturated/α-hetero) is 1. The number of aliphatic hydroxyl groups is 1. The first-order valence-electron chi connectivity index (χ1n) is 11.3. The number of aryl methyl sites for hydroxylation is 1. The van der Waals surface area contributed by atoms with Gasteiger partial charge in [0.25, 0.3) is 11.7 Å². The summed E-state index contributed by atoms with van der Waals surface area (Å²) < 4.78 is 7.73. The lowest BCUT2D eigenvalue weighted by Crippen LogP contribution is -2.36. The molecule has 1 aromatic heterocycles. The monoisotopic (exact) mass is 478 g/mol. The molecule has 3 aromatic rings. The second-order valence-electron chi connectivity index (χ2n) is 8.71. The summed E-state index contributed by atoms with van der Waals surface area (Å²) in [6.45, 7) is 3.01. The standard InChI is InChI=1S/C26H24ClN3O4/c1-16-12-19-13-18(6-7-21(19)34-16)24(31)22-23(17-4-2-5-20(27)14-17)30(26(33)25(22)32)10-3-9-29-11-8-28-15-29/h2,4-8,11,13-16,23H,3,9-10,12H2,1H3,(H,31,32)/p+1. The third-order valence-electron chi connectivity index (χ3n) is 6.29. The van der Waals surface area contributed by atoms with Crippen molar-refractivity contribution in [3.63, 3.8) is 0 Å². The molecule has 0 radical (unpaired) electrons. The van der Waals surface area contributed by atoms with Crippen LogP contribution >= 0.6 is 11.6 Å². The Balaban J connectivity index is 1.53. The summed E-state index contributed by atoms with van der Waals surface area (Å²) in [5, 5.41) is 11.8. The first-order chi connectivity index (χ1) is 16.4. The number of rotatable bonds is 6. The maximum absolute atomic E-state index is 13.2. The third-order valence-corrected chi connectivity index (χ3v) is 6.53. The Morgan fingerprint density at radius 3 is 2.88 bits per heavy atom. The highest BCUT2D eigenvalue weighted by molar-refractivity contribution is 6.46. The molecule has 2 aromatic carbocycles. The number of benzene rings is 2. The Morgan fingerprint density at radius 2 is 2.12 bits per heavy atom. The number of likely N-dealkylation sites (tertiary alicyclic amines) is 1. The van der Waals surface area contributed by atoms with Gasteiger partial charge in [-0.15, -0.1) is 0 Å². The lowest BCUT2D eigenvalue weighted by molar-refractivity contribution is -0.695. The van der Waals surface area contributed by atoms with E-state index in [1.54, 1.807) is 30.3 Å². The van der Waals surface area contributed by atoms with Crippen LogP contribution in [0.3, 0.4) is 0 Å². The lowest BCUT2D eigenvalue weighted by Gasteiger charge is -2.25. The highest BCUT2D eigenvalue weighted by Gasteiger charge is 2.46. The summed E-state index contributed by atoms with van der Waals surface area (Å²) >= 11 is 6.25. The number of amides is 1. The van der Waals surface area contributed by atoms with Crippen LogP contribution < -0.4 is 9.30 Å². The average molecular weight is 479 g/mol. The molecule has 0 bridgehead atoms. The minimum atomic E-state index is -0.724. The summed E-state index contributed by atoms with van der Waals surface area (Å²) in [4.78, 5) is 30.8. The molecular weight excluding hydrogens is 454 g/mol. The minimum absolute atomic E-state index is 0.0577. The number of nitrogens with zero attached hydrogens (tertiary/aromatic N) is 2. The van der Waals surface area contributed by atoms with E-state index in [4.69, 9.17) is 16.3 Å². The van der Waals surface area contributed by atoms with E-state index in [-0.39, 0.29) is 17.4 Å². The van der Waals surface area contributed by atoms with E-state index in [9.17, 15) is 14.7 Å². The van der Waals surface area contributed by atoms with Gasteiger partial charge in [0.05, 0.1) is 18.2 Å². The number of aliphatic hydroxyl groups excluding tert-OH is 1. The fourth-order valence-corrected chi connectivity index (χ4v) is 4.94. The van der Waals surface area contributed by atoms with Crippen LogP contribution in [0.4, 0.5) is 0 Å². The van der Waals surface area contributed by atoms with Crippen LogP contribution in [0.25, 0.3) is 5.76 Å². The van der Waals surface area contributed by atoms with Crippen molar-refractivity contribution in [3.8, 4) is 5.75 Å². The molecule has 3 heterocycles. The summed E-state index contributed by atoms with van der Waals surface area (Å²) in [7, 11) is 0. The van der Waals surface area contributed by atoms with E-state index in [2.05, 4.69) is 4.98 Å². The number of carbonyl (C=O) groups excluding carboxylic acids is 2. The molecular formula is C26H25ClN3O4+. The molecule has 1 fully saturated rings. The van der Waals surface area contributed by atoms with Crippen LogP contribution in [-0.4, -0.2) is 39.3 Å². The van der Waals surface area contributed by atoms with Crippen molar-refractivity contribution >= 4 is 29.1 Å². The number of nitrogens with one attached hydrogen (secondary N) is 1. The molecule has 8 heteroatoms. The first-order valence-corrected chi connectivity index (χ1v) is 11.7. The van der Waals surface area contributed by atoms with E-state index in [1.165, 1.54) is 4.90 Å². The lowest BCUT2D eigenvalue weighted by atomic mass is 9.94. The van der Waals surface area contributed by atoms with Gasteiger partial charge in [-0.05, 0) is 48.4 Å². The molecule has 2 aliphatic heterocycles. The van der Waals surface area contributed by atoms with E-state index >= 15 is 0 Å². The molecule has 1 saturated heterocycles. The zero-order chi connectivity index (χ0) is 23.8. The van der Waals surface area contributed by atoms with Crippen LogP contribution in [0, 0.1) is 0 Å². The van der Waals surface area contributed by atoms with Crippen LogP contribution in [0.2, 0.25) is 5.02 Å². The largest absolute Gasteiger partial charge is 0.507 e. The second-order valence-corrected chi connectivity index (χ2v) is 9.14. The fraction of sp³-hybridized carbons (Fsp3) is 0.269. The van der Waals surface area contributed by atoms with E-state index in [0.717, 1.165) is 17.7 Å². The van der Waals surface area contributed by atoms with Gasteiger partial charge in [-0.2, -0.15) is 0 Å². The first kappa shape index (κ1) is 22.2. The number of ether oxygens (including phenoxy) is 1. The quantitative estimate of drug-likeness (QED) is 0.244. The number of imidazole rings is 1. The Labute approximate surface area is 202 Å². The Morgan fingerprint density at radius 1 is 1.26 bits per heavy atom. The predicted octanol–water partition coefficient (Wildman–Crippen LogP) is 3.79. The molecule has 0 spiro atoms. The number of H-pyrrole nitrogens is 1. The van der Waals surface area contributed by atoms with Crippen LogP contribution in [0.15, 0.2) is 66.8 Å². The summed E-state index contributed by atoms with van der Waals surface area (Å²) in [6, 6.07) is 11.7. The molecule has 5 rings (SSSR count). The molecule has 2 N–H and O–H groups in total. The van der Waals surface area contributed by atoms with Gasteiger partial charge in [0.2, 0.25) is 6.33 Å². The number of carbonyl (C=O) groups is 2. The molecule has 7 nitrogen and oxygen atoms in total. The number of hydrogen-bond donors (Lipinski definition) is 2. The Hall–Kier alpha value is -3.58. The van der Waals surface area contributed by atoms with Crippen LogP contribution in [-0.2, 0) is 22.6 Å². The van der Waals surface area contributed by atoms with Crippen molar-refractivity contribution in [1.29, 1.82) is 0 Å². The molecule has 0 aliphatic carbocycles. The summed E-state index contributed by atoms with van der Waals surface area (Å²) in [5.41, 5.74) is 2.21. The predicted molar refractivity (Wildman–Crippen MR) is 126 cm³/mol. The van der Waals surface area contributed by atoms with Crippen molar-refractivity contribution < 1.29 is 24.0 Å². The van der Waals surface area contributed by atoms with E-state index < -0.39 is 17.7 Å². The van der Waals surface area contributed by atoms with Gasteiger partial charge >= 0.3 is 0 Å². The topological polar surface area (TPSA) is 86.5 Å². The Bertz CT molecular complexity index is 1280. The normalized spacial score (nSPS) is 21.1. The summed E-state index contributed by atoms with van der Waals surface area (Å²) in [5.74, 6) is -0.725. The second kappa shape index (κ2) is 8.99. The SMILES string of the molecule is CC1Cc2cc(/C(O)=C3\C(=O)C(=O)N(CCC[n+]4cc[nH]c4)C3c3cccc(Cl)c3)ccc2O1. The van der Waals surface area contributed by atoms with Crippen LogP contribution in [0.5, 0.6) is 5.75 Å². The van der Waals surface area contributed by atoms with Gasteiger partial charge in [-0.1, -0.05) is 23.7 Å². The number of hydrogen-bond acceptors (Lipinski definition) is 4. The highest BCUT2D eigenvalue weighted by Crippen LogP contribution is 2.41. The van der Waals surface area contributed by atoms with Crippen molar-refractivity contribution in [2.24, 2.45) is 0 Å². The van der Waals surface area contributed by atoms with Gasteiger partial charge in [0.15, 0.2) is 0 Å². The molecule has 34 heavy (non-hydrogen) atoms. The number of halogens is 1. The number of aromatic amines is 1. The number of aromatic nitrogens is 2. The molecule has 2 unspecified atom stereocenters. The highest BCUT2D eigenvalue weighted by atomic mass is 35.5. The van der Waals surface area contributed by atoms with E-state index in [1.807, 2.05) is 42.3 Å². The molecule has 2 atom stereocenters.